The third-order valence-corrected chi connectivity index (χ3v) is 28.0. The number of ether oxygens (including phenoxy) is 10. The topological polar surface area (TPSA) is 388 Å². The lowest BCUT2D eigenvalue weighted by Gasteiger charge is -2.43. The highest BCUT2D eigenvalue weighted by atomic mass is 16.7. The second-order valence-corrected chi connectivity index (χ2v) is 38.9. The molecule has 0 saturated carbocycles. The first-order valence-electron chi connectivity index (χ1n) is 51.2. The number of nitrogens with zero attached hydrogens (tertiary/aromatic N) is 7. The van der Waals surface area contributed by atoms with Crippen molar-refractivity contribution in [3.63, 3.8) is 0 Å². The summed E-state index contributed by atoms with van der Waals surface area (Å²) in [7, 11) is 4.84. The van der Waals surface area contributed by atoms with Crippen LogP contribution in [0.2, 0.25) is 0 Å². The van der Waals surface area contributed by atoms with Gasteiger partial charge >= 0.3 is 11.9 Å². The van der Waals surface area contributed by atoms with Crippen molar-refractivity contribution in [2.24, 2.45) is 41.4 Å². The number of benzene rings is 6. The molecule has 2 aromatic heterocycles. The molecule has 3 fully saturated rings. The normalized spacial score (nSPS) is 20.1. The Kier molecular flexibility index (Phi) is 44.7. The standard InChI is InChI=1S/C111H150N12O20/c1-74-33-31-36-84(61-74)97-67-121(119-117-97)70-100-80(7)78(5)82(9)110(143-100)138-73-95(141-108(133)83-34-19-15-20-35-83)65-115-102(127)44-25-18-30-60-113-107(132)96(56-57-103(128)112-59-29-17-24-43-101(126)114-64-75(2)71-137-109-81(8)77(4)79(6)99(142-109)69-122-68-98(118-120-122)85-37-32-42-93(62-85)136-12)116-104(129)45-28-27-41-90(125)40-23-13-14-26-46-105(130)123-66-94(140-106(131)58-47-76(3)124)63-89(123)72-139-111(86-38-21-16-22-39-86,87-48-52-91(134-10)53-49-87)88-50-54-92(135-11)55-51-88/h15-16,19-22,31-39,42,48-55,61-62,67-68,75,77-82,89,94-96,99-100,109-110H,13-14,17-18,23-30,40-41,43-47,56-60,63-66,69-73H2,1-12H3,(H,112,128)(H,113,132)(H,114,126)(H,115,127)(H,116,129)/t75?,77?,78?,79?,80?,81?,82?,89-,94+,95?,96-,99?,100?,109?,110?/m0/s1. The molecule has 11 rings (SSSR count). The van der Waals surface area contributed by atoms with Crippen LogP contribution in [-0.2, 0) is 95.0 Å². The van der Waals surface area contributed by atoms with Crippen LogP contribution >= 0.6 is 0 Å². The van der Waals surface area contributed by atoms with Crippen LogP contribution in [0.15, 0.2) is 170 Å². The van der Waals surface area contributed by atoms with Crippen LogP contribution in [0, 0.1) is 48.3 Å². The molecular formula is C111H150N12O20. The number of likely N-dealkylation sites (tertiary alicyclic amines) is 1. The number of esters is 2. The van der Waals surface area contributed by atoms with Gasteiger partial charge in [-0.2, -0.15) is 0 Å². The van der Waals surface area contributed by atoms with Crippen LogP contribution in [-0.4, -0.2) is 217 Å². The number of nitrogens with one attached hydrogen (secondary N) is 5. The minimum Gasteiger partial charge on any atom is -0.497 e. The van der Waals surface area contributed by atoms with Crippen molar-refractivity contribution in [3.05, 3.63) is 198 Å². The van der Waals surface area contributed by atoms with E-state index in [-0.39, 0.29) is 167 Å². The summed E-state index contributed by atoms with van der Waals surface area (Å²) in [6.45, 7) is 20.9. The van der Waals surface area contributed by atoms with Gasteiger partial charge in [-0.1, -0.05) is 193 Å². The molecule has 0 spiro atoms. The molecule has 0 aliphatic carbocycles. The minimum atomic E-state index is -1.18. The molecule has 0 radical (unpaired) electrons. The SMILES string of the molecule is COc1ccc(C(OC[C@@H]2C[C@@H](OC(=O)CCC(C)=O)CN2C(=O)CCCCCCC(=O)CCCCC(=O)N[C@@H](CCC(=O)NCCCCCC(=O)NCC(C)COC2OC(Cn3cc(-c4cccc(OC)c4)nn3)C(C)C(C)C2C)C(=O)NCCCCCC(=O)NCC(COC2OC(Cn3cc(-c4cccc(C)c4)nn3)C(C)C(C)C2C)OC(=O)c2ccccc2)(c2ccccc2)c2ccc(OC)cc2)cc1. The molecule has 3 aliphatic rings. The lowest BCUT2D eigenvalue weighted by atomic mass is 9.79. The van der Waals surface area contributed by atoms with E-state index in [1.165, 1.54) is 6.92 Å². The quantitative estimate of drug-likeness (QED) is 0.0134. The van der Waals surface area contributed by atoms with Crippen molar-refractivity contribution >= 4 is 58.9 Å². The number of hydrogen-bond donors (Lipinski definition) is 5. The summed E-state index contributed by atoms with van der Waals surface area (Å²) in [5, 5.41) is 32.4. The van der Waals surface area contributed by atoms with Gasteiger partial charge in [0.1, 0.15) is 64.1 Å². The van der Waals surface area contributed by atoms with Gasteiger partial charge in [-0.15, -0.1) is 10.2 Å². The van der Waals surface area contributed by atoms with Gasteiger partial charge in [-0.25, -0.2) is 14.2 Å². The predicted octanol–water partition coefficient (Wildman–Crippen LogP) is 15.6. The number of amides is 6. The Morgan fingerprint density at radius 3 is 1.57 bits per heavy atom. The van der Waals surface area contributed by atoms with Gasteiger partial charge in [0.2, 0.25) is 35.4 Å². The highest BCUT2D eigenvalue weighted by Crippen LogP contribution is 2.44. The van der Waals surface area contributed by atoms with Gasteiger partial charge in [0.25, 0.3) is 0 Å². The molecule has 5 heterocycles. The first kappa shape index (κ1) is 111. The number of aryl methyl sites for hydroxylation is 1. The Hall–Kier alpha value is -12.1. The molecule has 12 unspecified atom stereocenters. The van der Waals surface area contributed by atoms with E-state index < -0.39 is 66.2 Å². The van der Waals surface area contributed by atoms with Crippen molar-refractivity contribution in [2.45, 2.75) is 278 Å². The zero-order chi connectivity index (χ0) is 102. The van der Waals surface area contributed by atoms with E-state index >= 15 is 0 Å². The highest BCUT2D eigenvalue weighted by Gasteiger charge is 2.45. The van der Waals surface area contributed by atoms with E-state index in [2.05, 4.69) is 94.8 Å². The number of ketones is 2. The number of hydrogen-bond acceptors (Lipinski definition) is 24. The summed E-state index contributed by atoms with van der Waals surface area (Å²) >= 11 is 0. The second-order valence-electron chi connectivity index (χ2n) is 38.9. The zero-order valence-corrected chi connectivity index (χ0v) is 85.5. The Bertz CT molecular complexity index is 5290. The van der Waals surface area contributed by atoms with Crippen molar-refractivity contribution in [1.29, 1.82) is 0 Å². The number of carbonyl (C=O) groups is 10. The van der Waals surface area contributed by atoms with Crippen LogP contribution < -0.4 is 40.8 Å². The fourth-order valence-corrected chi connectivity index (χ4v) is 18.6. The van der Waals surface area contributed by atoms with Gasteiger partial charge in [0.15, 0.2) is 12.6 Å². The summed E-state index contributed by atoms with van der Waals surface area (Å²) in [5.41, 5.74) is 6.13. The van der Waals surface area contributed by atoms with E-state index in [0.717, 1.165) is 50.5 Å². The third kappa shape index (κ3) is 34.6. The summed E-state index contributed by atoms with van der Waals surface area (Å²) in [5.74, 6) is 0.233. The average molecular weight is 1970 g/mol. The summed E-state index contributed by atoms with van der Waals surface area (Å²) in [4.78, 5) is 136. The lowest BCUT2D eigenvalue weighted by Crippen LogP contribution is -2.48. The van der Waals surface area contributed by atoms with E-state index in [1.807, 2.05) is 152 Å². The van der Waals surface area contributed by atoms with Crippen LogP contribution in [0.25, 0.3) is 22.5 Å². The number of unbranched alkanes of at least 4 members (excludes halogenated alkanes) is 8. The largest absolute Gasteiger partial charge is 0.497 e. The molecule has 6 aromatic carbocycles. The van der Waals surface area contributed by atoms with Crippen molar-refractivity contribution in [2.75, 3.05) is 73.9 Å². The maximum atomic E-state index is 14.4. The summed E-state index contributed by atoms with van der Waals surface area (Å²) in [6, 6.07) is 48.0. The predicted molar refractivity (Wildman–Crippen MR) is 541 cm³/mol. The van der Waals surface area contributed by atoms with Gasteiger partial charge < -0.3 is 83.6 Å². The molecule has 3 aliphatic heterocycles. The van der Waals surface area contributed by atoms with Crippen LogP contribution in [0.5, 0.6) is 17.2 Å². The lowest BCUT2D eigenvalue weighted by molar-refractivity contribution is -0.256. The Labute approximate surface area is 842 Å². The van der Waals surface area contributed by atoms with Crippen molar-refractivity contribution in [3.8, 4) is 39.8 Å². The number of aromatic nitrogens is 6. The van der Waals surface area contributed by atoms with Gasteiger partial charge in [0.05, 0.1) is 110 Å². The molecule has 143 heavy (non-hydrogen) atoms. The maximum absolute atomic E-state index is 14.4. The number of methoxy groups -OCH3 is 3. The Balaban J connectivity index is 0.619. The molecule has 774 valence electrons. The van der Waals surface area contributed by atoms with Gasteiger partial charge in [-0.3, -0.25) is 38.4 Å². The van der Waals surface area contributed by atoms with E-state index in [1.54, 1.807) is 61.2 Å². The highest BCUT2D eigenvalue weighted by molar-refractivity contribution is 5.90. The van der Waals surface area contributed by atoms with E-state index in [4.69, 9.17) is 47.4 Å². The molecule has 3 saturated heterocycles. The summed E-state index contributed by atoms with van der Waals surface area (Å²) < 4.78 is 65.5. The molecule has 0 bridgehead atoms. The van der Waals surface area contributed by atoms with Gasteiger partial charge in [-0.05, 0) is 173 Å². The molecular weight excluding hydrogens is 1820 g/mol. The van der Waals surface area contributed by atoms with Crippen LogP contribution in [0.1, 0.15) is 236 Å². The minimum absolute atomic E-state index is 0.00405. The first-order chi connectivity index (χ1) is 69.1. The molecule has 6 amide bonds. The van der Waals surface area contributed by atoms with Crippen LogP contribution in [0.3, 0.4) is 0 Å². The molecule has 5 N–H and O–H groups in total. The Morgan fingerprint density at radius 1 is 0.483 bits per heavy atom. The van der Waals surface area contributed by atoms with Crippen molar-refractivity contribution < 1.29 is 95.3 Å². The number of carbonyl (C=O) groups excluding carboxylic acids is 10. The number of Topliss-reactive ketones (excluding diaryl/α,β-unsaturated/α-hetero) is 2. The fraction of sp³-hybridized carbons (Fsp3) is 0.550. The fourth-order valence-electron chi connectivity index (χ4n) is 18.6. The van der Waals surface area contributed by atoms with Crippen LogP contribution in [0.4, 0.5) is 0 Å². The second kappa shape index (κ2) is 57.4. The maximum Gasteiger partial charge on any atom is 0.338 e. The van der Waals surface area contributed by atoms with Crippen molar-refractivity contribution in [1.82, 2.24) is 61.5 Å². The van der Waals surface area contributed by atoms with E-state index in [9.17, 15) is 47.9 Å². The molecule has 15 atom stereocenters. The van der Waals surface area contributed by atoms with Gasteiger partial charge in [0, 0.05) is 100 Å². The smallest absolute Gasteiger partial charge is 0.338 e. The third-order valence-electron chi connectivity index (χ3n) is 28.0. The summed E-state index contributed by atoms with van der Waals surface area (Å²) in [6.07, 6.45) is 9.07. The number of rotatable bonds is 60. The average Bonchev–Trinajstić information content (AvgIpc) is 1.25. The van der Waals surface area contributed by atoms with E-state index in [0.29, 0.717) is 152 Å². The first-order valence-corrected chi connectivity index (χ1v) is 51.2. The molecule has 32 heteroatoms. The molecule has 8 aromatic rings. The Morgan fingerprint density at radius 2 is 0.986 bits per heavy atom. The zero-order valence-electron chi connectivity index (χ0n) is 85.5. The molecule has 32 nitrogen and oxygen atoms in total. The monoisotopic (exact) mass is 1970 g/mol.